The highest BCUT2D eigenvalue weighted by atomic mass is 16.7. The highest BCUT2D eigenvalue weighted by molar-refractivity contribution is 5.80. The van der Waals surface area contributed by atoms with Crippen molar-refractivity contribution in [2.45, 2.75) is 40.4 Å². The molecular weight excluding hydrogens is 240 g/mol. The Balaban J connectivity index is 0.000000388. The molecule has 1 aromatic rings. The number of rotatable bonds is 6. The molecule has 0 radical (unpaired) electrons. The topological polar surface area (TPSA) is 35.5 Å². The zero-order valence-electron chi connectivity index (χ0n) is 12.7. The Hall–Kier alpha value is -1.19. The molecule has 1 aromatic carbocycles. The summed E-state index contributed by atoms with van der Waals surface area (Å²) < 4.78 is 10.1. The molecule has 1 unspecified atom stereocenters. The molecule has 0 N–H and O–H groups in total. The number of Topliss-reactive ketones (excluding diaryl/α,β-unsaturated/α-hetero) is 1. The molecule has 0 saturated heterocycles. The second-order valence-electron chi connectivity index (χ2n) is 4.60. The predicted molar refractivity (Wildman–Crippen MR) is 78.1 cm³/mol. The normalized spacial score (nSPS) is 11.7. The summed E-state index contributed by atoms with van der Waals surface area (Å²) >= 11 is 0. The maximum atomic E-state index is 11.2. The van der Waals surface area contributed by atoms with E-state index < -0.39 is 0 Å². The summed E-state index contributed by atoms with van der Waals surface area (Å²) in [5.74, 6) is 0.235. The number of benzene rings is 1. The van der Waals surface area contributed by atoms with E-state index in [-0.39, 0.29) is 18.0 Å². The van der Waals surface area contributed by atoms with Crippen molar-refractivity contribution < 1.29 is 14.3 Å². The summed E-state index contributed by atoms with van der Waals surface area (Å²) in [6.45, 7) is 8.29. The number of hydrogen-bond acceptors (Lipinski definition) is 3. The maximum absolute atomic E-state index is 11.2. The molecule has 0 fully saturated rings. The van der Waals surface area contributed by atoms with Crippen molar-refractivity contribution in [2.24, 2.45) is 5.92 Å². The van der Waals surface area contributed by atoms with Crippen LogP contribution in [0.2, 0.25) is 0 Å². The number of ether oxygens (including phenoxy) is 2. The molecule has 0 aliphatic rings. The SMILES string of the molecule is CCOC(CC(=O)C(C)C)OC.Cc1ccccc1. The van der Waals surface area contributed by atoms with E-state index in [0.29, 0.717) is 13.0 Å². The molecule has 0 aliphatic heterocycles. The Labute approximate surface area is 116 Å². The zero-order valence-corrected chi connectivity index (χ0v) is 12.7. The van der Waals surface area contributed by atoms with Crippen molar-refractivity contribution in [3.8, 4) is 0 Å². The number of methoxy groups -OCH3 is 1. The second kappa shape index (κ2) is 10.7. The fraction of sp³-hybridized carbons (Fsp3) is 0.562. The first-order valence-corrected chi connectivity index (χ1v) is 6.70. The lowest BCUT2D eigenvalue weighted by atomic mass is 10.1. The van der Waals surface area contributed by atoms with Crippen LogP contribution in [0.1, 0.15) is 32.8 Å². The third kappa shape index (κ3) is 9.40. The van der Waals surface area contributed by atoms with Gasteiger partial charge in [-0.1, -0.05) is 49.7 Å². The highest BCUT2D eigenvalue weighted by Gasteiger charge is 2.15. The number of hydrogen-bond donors (Lipinski definition) is 0. The summed E-state index contributed by atoms with van der Waals surface area (Å²) in [6.07, 6.45) is -0.0213. The van der Waals surface area contributed by atoms with Crippen molar-refractivity contribution in [3.05, 3.63) is 35.9 Å². The first-order chi connectivity index (χ1) is 9.01. The average molecular weight is 266 g/mol. The predicted octanol–water partition coefficient (Wildman–Crippen LogP) is 3.61. The van der Waals surface area contributed by atoms with Crippen molar-refractivity contribution in [1.82, 2.24) is 0 Å². The van der Waals surface area contributed by atoms with Crippen LogP contribution in [0.4, 0.5) is 0 Å². The lowest BCUT2D eigenvalue weighted by Crippen LogP contribution is -2.22. The van der Waals surface area contributed by atoms with Gasteiger partial charge in [0.2, 0.25) is 0 Å². The maximum Gasteiger partial charge on any atom is 0.164 e. The van der Waals surface area contributed by atoms with Crippen LogP contribution in [0, 0.1) is 12.8 Å². The summed E-state index contributed by atoms with van der Waals surface area (Å²) in [7, 11) is 1.55. The van der Waals surface area contributed by atoms with Gasteiger partial charge < -0.3 is 9.47 Å². The molecule has 0 aliphatic carbocycles. The van der Waals surface area contributed by atoms with E-state index in [1.807, 2.05) is 39.0 Å². The summed E-state index contributed by atoms with van der Waals surface area (Å²) in [5.41, 5.74) is 1.32. The highest BCUT2D eigenvalue weighted by Crippen LogP contribution is 2.06. The van der Waals surface area contributed by atoms with Gasteiger partial charge in [0.25, 0.3) is 0 Å². The fourth-order valence-corrected chi connectivity index (χ4v) is 1.33. The van der Waals surface area contributed by atoms with Crippen LogP contribution in [0.5, 0.6) is 0 Å². The lowest BCUT2D eigenvalue weighted by Gasteiger charge is -2.15. The first kappa shape index (κ1) is 17.8. The van der Waals surface area contributed by atoms with Crippen LogP contribution in [0.3, 0.4) is 0 Å². The second-order valence-corrected chi connectivity index (χ2v) is 4.60. The van der Waals surface area contributed by atoms with Crippen molar-refractivity contribution in [2.75, 3.05) is 13.7 Å². The smallest absolute Gasteiger partial charge is 0.164 e. The van der Waals surface area contributed by atoms with Gasteiger partial charge in [-0.2, -0.15) is 0 Å². The van der Waals surface area contributed by atoms with E-state index in [1.165, 1.54) is 5.56 Å². The van der Waals surface area contributed by atoms with Gasteiger partial charge in [0.15, 0.2) is 6.29 Å². The molecular formula is C16H26O3. The van der Waals surface area contributed by atoms with Gasteiger partial charge in [-0.05, 0) is 13.8 Å². The molecule has 1 atom stereocenters. The monoisotopic (exact) mass is 266 g/mol. The molecule has 0 amide bonds. The third-order valence-corrected chi connectivity index (χ3v) is 2.57. The van der Waals surface area contributed by atoms with Gasteiger partial charge in [-0.15, -0.1) is 0 Å². The molecule has 3 nitrogen and oxygen atoms in total. The Morgan fingerprint density at radius 1 is 1.21 bits per heavy atom. The Kier molecular flexibility index (Phi) is 10.0. The van der Waals surface area contributed by atoms with Gasteiger partial charge in [0, 0.05) is 19.6 Å². The number of carbonyl (C=O) groups excluding carboxylic acids is 1. The molecule has 0 aromatic heterocycles. The van der Waals surface area contributed by atoms with E-state index in [4.69, 9.17) is 9.47 Å². The zero-order chi connectivity index (χ0) is 14.7. The Morgan fingerprint density at radius 2 is 1.79 bits per heavy atom. The minimum absolute atomic E-state index is 0.0584. The molecule has 0 heterocycles. The van der Waals surface area contributed by atoms with Crippen LogP contribution in [0.15, 0.2) is 30.3 Å². The van der Waals surface area contributed by atoms with E-state index in [1.54, 1.807) is 7.11 Å². The molecule has 108 valence electrons. The minimum atomic E-state index is -0.370. The van der Waals surface area contributed by atoms with Gasteiger partial charge in [-0.3, -0.25) is 4.79 Å². The van der Waals surface area contributed by atoms with Gasteiger partial charge in [-0.25, -0.2) is 0 Å². The molecule has 1 rings (SSSR count). The molecule has 0 spiro atoms. The number of aryl methyl sites for hydroxylation is 1. The van der Waals surface area contributed by atoms with E-state index in [9.17, 15) is 4.79 Å². The lowest BCUT2D eigenvalue weighted by molar-refractivity contribution is -0.145. The summed E-state index contributed by atoms with van der Waals surface area (Å²) in [4.78, 5) is 11.2. The average Bonchev–Trinajstić information content (AvgIpc) is 2.39. The molecule has 3 heteroatoms. The Bertz CT molecular complexity index is 333. The quantitative estimate of drug-likeness (QED) is 0.738. The molecule has 0 saturated carbocycles. The van der Waals surface area contributed by atoms with Gasteiger partial charge in [0.05, 0.1) is 6.42 Å². The molecule has 0 bridgehead atoms. The van der Waals surface area contributed by atoms with Crippen LogP contribution >= 0.6 is 0 Å². The van der Waals surface area contributed by atoms with Gasteiger partial charge >= 0.3 is 0 Å². The third-order valence-electron chi connectivity index (χ3n) is 2.57. The summed E-state index contributed by atoms with van der Waals surface area (Å²) in [6, 6.07) is 10.3. The Morgan fingerprint density at radius 3 is 2.11 bits per heavy atom. The van der Waals surface area contributed by atoms with E-state index >= 15 is 0 Å². The fourth-order valence-electron chi connectivity index (χ4n) is 1.33. The van der Waals surface area contributed by atoms with Gasteiger partial charge in [0.1, 0.15) is 5.78 Å². The van der Waals surface area contributed by atoms with Crippen LogP contribution in [0.25, 0.3) is 0 Å². The van der Waals surface area contributed by atoms with Crippen molar-refractivity contribution in [3.63, 3.8) is 0 Å². The summed E-state index contributed by atoms with van der Waals surface area (Å²) in [5, 5.41) is 0. The van der Waals surface area contributed by atoms with Crippen LogP contribution in [-0.2, 0) is 14.3 Å². The standard InChI is InChI=1S/C9H18O3.C7H8/c1-5-12-9(11-4)6-8(10)7(2)3;1-7-5-3-2-4-6-7/h7,9H,5-6H2,1-4H3;2-6H,1H3. The van der Waals surface area contributed by atoms with Crippen molar-refractivity contribution >= 4 is 5.78 Å². The van der Waals surface area contributed by atoms with E-state index in [0.717, 1.165) is 0 Å². The number of ketones is 1. The first-order valence-electron chi connectivity index (χ1n) is 6.70. The van der Waals surface area contributed by atoms with Crippen molar-refractivity contribution in [1.29, 1.82) is 0 Å². The van der Waals surface area contributed by atoms with Crippen LogP contribution < -0.4 is 0 Å². The van der Waals surface area contributed by atoms with E-state index in [2.05, 4.69) is 19.1 Å². The van der Waals surface area contributed by atoms with Crippen LogP contribution in [-0.4, -0.2) is 25.8 Å². The minimum Gasteiger partial charge on any atom is -0.355 e. The number of carbonyl (C=O) groups is 1. The molecule has 19 heavy (non-hydrogen) atoms. The largest absolute Gasteiger partial charge is 0.355 e.